The number of hydrogen-bond donors (Lipinski definition) is 1. The van der Waals surface area contributed by atoms with Crippen LogP contribution in [0.2, 0.25) is 0 Å². The molecule has 1 aromatic carbocycles. The summed E-state index contributed by atoms with van der Waals surface area (Å²) in [6, 6.07) is 15.9. The fourth-order valence-electron chi connectivity index (χ4n) is 2.94. The molecule has 25 heavy (non-hydrogen) atoms. The van der Waals surface area contributed by atoms with Crippen molar-refractivity contribution in [2.75, 3.05) is 0 Å². The van der Waals surface area contributed by atoms with E-state index in [1.54, 1.807) is 22.8 Å². The van der Waals surface area contributed by atoms with E-state index in [1.807, 2.05) is 37.3 Å². The van der Waals surface area contributed by atoms with Crippen LogP contribution in [0.5, 0.6) is 0 Å². The van der Waals surface area contributed by atoms with Crippen molar-refractivity contribution in [2.24, 2.45) is 0 Å². The van der Waals surface area contributed by atoms with E-state index in [1.165, 1.54) is 12.1 Å². The highest BCUT2D eigenvalue weighted by Gasteiger charge is 2.17. The van der Waals surface area contributed by atoms with Gasteiger partial charge in [-0.25, -0.2) is 8.91 Å². The third-order valence-electron chi connectivity index (χ3n) is 4.14. The summed E-state index contributed by atoms with van der Waals surface area (Å²) in [5.41, 5.74) is 5.79. The maximum atomic E-state index is 13.4. The summed E-state index contributed by atoms with van der Waals surface area (Å²) in [6.07, 6.45) is 1.79. The first kappa shape index (κ1) is 15.5. The topological polar surface area (TPSA) is 50.4 Å². The summed E-state index contributed by atoms with van der Waals surface area (Å²) in [6.45, 7) is 1.88. The van der Waals surface area contributed by atoms with E-state index in [9.17, 15) is 9.50 Å². The Hall–Kier alpha value is -3.05. The standard InChI is InChI=1S/C20H16FN3O/c1-13-3-2-4-17(22-13)20-19(15-6-8-16(21)9-7-15)18-10-5-14(12-25)11-24(18)23-20/h2-11,25H,12H2,1H3. The Labute approximate surface area is 144 Å². The number of aliphatic hydroxyl groups is 1. The minimum Gasteiger partial charge on any atom is -0.392 e. The van der Waals surface area contributed by atoms with Gasteiger partial charge in [-0.3, -0.25) is 4.98 Å². The molecule has 0 aliphatic rings. The van der Waals surface area contributed by atoms with Crippen molar-refractivity contribution in [3.05, 3.63) is 77.9 Å². The molecule has 4 rings (SSSR count). The van der Waals surface area contributed by atoms with Gasteiger partial charge < -0.3 is 5.11 Å². The van der Waals surface area contributed by atoms with Crippen molar-refractivity contribution in [1.82, 2.24) is 14.6 Å². The van der Waals surface area contributed by atoms with Gasteiger partial charge in [-0.2, -0.15) is 5.10 Å². The van der Waals surface area contributed by atoms with Crippen LogP contribution in [0.25, 0.3) is 28.0 Å². The first-order chi connectivity index (χ1) is 12.2. The fourth-order valence-corrected chi connectivity index (χ4v) is 2.94. The molecule has 0 radical (unpaired) electrons. The molecule has 0 saturated heterocycles. The van der Waals surface area contributed by atoms with Gasteiger partial charge in [0, 0.05) is 17.5 Å². The smallest absolute Gasteiger partial charge is 0.123 e. The predicted octanol–water partition coefficient (Wildman–Crippen LogP) is 4.00. The molecule has 4 nitrogen and oxygen atoms in total. The SMILES string of the molecule is Cc1cccc(-c2nn3cc(CO)ccc3c2-c2ccc(F)cc2)n1. The van der Waals surface area contributed by atoms with E-state index in [0.717, 1.165) is 39.3 Å². The number of benzene rings is 1. The van der Waals surface area contributed by atoms with Crippen molar-refractivity contribution in [3.8, 4) is 22.5 Å². The van der Waals surface area contributed by atoms with E-state index in [2.05, 4.69) is 10.1 Å². The Bertz CT molecular complexity index is 1050. The van der Waals surface area contributed by atoms with E-state index in [0.29, 0.717) is 0 Å². The third-order valence-corrected chi connectivity index (χ3v) is 4.14. The zero-order valence-electron chi connectivity index (χ0n) is 13.6. The number of halogens is 1. The van der Waals surface area contributed by atoms with Crippen LogP contribution in [0.3, 0.4) is 0 Å². The molecule has 0 amide bonds. The first-order valence-corrected chi connectivity index (χ1v) is 7.98. The van der Waals surface area contributed by atoms with Crippen LogP contribution in [0, 0.1) is 12.7 Å². The number of pyridine rings is 2. The molecule has 1 N–H and O–H groups in total. The second-order valence-corrected chi connectivity index (χ2v) is 5.92. The van der Waals surface area contributed by atoms with E-state index >= 15 is 0 Å². The van der Waals surface area contributed by atoms with Crippen LogP contribution in [0.4, 0.5) is 4.39 Å². The number of rotatable bonds is 3. The van der Waals surface area contributed by atoms with Crippen molar-refractivity contribution in [2.45, 2.75) is 13.5 Å². The van der Waals surface area contributed by atoms with Crippen molar-refractivity contribution in [3.63, 3.8) is 0 Å². The van der Waals surface area contributed by atoms with Crippen LogP contribution < -0.4 is 0 Å². The molecule has 3 aromatic heterocycles. The quantitative estimate of drug-likeness (QED) is 0.616. The number of fused-ring (bicyclic) bond motifs is 1. The van der Waals surface area contributed by atoms with E-state index in [-0.39, 0.29) is 12.4 Å². The molecule has 5 heteroatoms. The summed E-state index contributed by atoms with van der Waals surface area (Å²) in [4.78, 5) is 4.59. The summed E-state index contributed by atoms with van der Waals surface area (Å²) in [5, 5.41) is 14.1. The molecule has 0 aliphatic heterocycles. The molecule has 0 bridgehead atoms. The van der Waals surface area contributed by atoms with E-state index < -0.39 is 0 Å². The Morgan fingerprint density at radius 2 is 1.84 bits per heavy atom. The normalized spacial score (nSPS) is 11.2. The molecule has 4 aromatic rings. The van der Waals surface area contributed by atoms with Crippen molar-refractivity contribution in [1.29, 1.82) is 0 Å². The van der Waals surface area contributed by atoms with Gasteiger partial charge in [0.05, 0.1) is 17.8 Å². The lowest BCUT2D eigenvalue weighted by Gasteiger charge is -2.04. The third kappa shape index (κ3) is 2.79. The van der Waals surface area contributed by atoms with Crippen LogP contribution >= 0.6 is 0 Å². The second kappa shape index (κ2) is 6.11. The molecule has 0 aliphatic carbocycles. The van der Waals surface area contributed by atoms with Gasteiger partial charge in [-0.15, -0.1) is 0 Å². The Morgan fingerprint density at radius 1 is 1.04 bits per heavy atom. The number of aromatic nitrogens is 3. The summed E-state index contributed by atoms with van der Waals surface area (Å²) in [5.74, 6) is -0.280. The molecule has 0 fully saturated rings. The van der Waals surface area contributed by atoms with Gasteiger partial charge in [0.1, 0.15) is 11.5 Å². The molecule has 0 saturated carbocycles. The number of aryl methyl sites for hydroxylation is 1. The Morgan fingerprint density at radius 3 is 2.56 bits per heavy atom. The lowest BCUT2D eigenvalue weighted by molar-refractivity contribution is 0.281. The van der Waals surface area contributed by atoms with Gasteiger partial charge >= 0.3 is 0 Å². The van der Waals surface area contributed by atoms with Crippen molar-refractivity contribution < 1.29 is 9.50 Å². The number of hydrogen-bond acceptors (Lipinski definition) is 3. The highest BCUT2D eigenvalue weighted by Crippen LogP contribution is 2.34. The lowest BCUT2D eigenvalue weighted by Crippen LogP contribution is -1.92. The average Bonchev–Trinajstić information content (AvgIpc) is 3.01. The van der Waals surface area contributed by atoms with Crippen LogP contribution in [0.1, 0.15) is 11.3 Å². The van der Waals surface area contributed by atoms with Gasteiger partial charge in [-0.05, 0) is 48.4 Å². The monoisotopic (exact) mass is 333 g/mol. The molecular weight excluding hydrogens is 317 g/mol. The fraction of sp³-hybridized carbons (Fsp3) is 0.100. The zero-order valence-corrected chi connectivity index (χ0v) is 13.6. The summed E-state index contributed by atoms with van der Waals surface area (Å²) in [7, 11) is 0. The van der Waals surface area contributed by atoms with E-state index in [4.69, 9.17) is 0 Å². The minimum absolute atomic E-state index is 0.0558. The van der Waals surface area contributed by atoms with Gasteiger partial charge in [0.15, 0.2) is 0 Å². The number of nitrogens with zero attached hydrogens (tertiary/aromatic N) is 3. The minimum atomic E-state index is -0.280. The number of aliphatic hydroxyl groups excluding tert-OH is 1. The van der Waals surface area contributed by atoms with Crippen LogP contribution in [0.15, 0.2) is 60.8 Å². The summed E-state index contributed by atoms with van der Waals surface area (Å²) < 4.78 is 15.1. The highest BCUT2D eigenvalue weighted by atomic mass is 19.1. The molecule has 0 spiro atoms. The first-order valence-electron chi connectivity index (χ1n) is 7.98. The zero-order chi connectivity index (χ0) is 17.4. The van der Waals surface area contributed by atoms with Gasteiger partial charge in [0.25, 0.3) is 0 Å². The second-order valence-electron chi connectivity index (χ2n) is 5.92. The Balaban J connectivity index is 2.03. The molecule has 124 valence electrons. The Kier molecular flexibility index (Phi) is 3.78. The lowest BCUT2D eigenvalue weighted by atomic mass is 10.0. The summed E-state index contributed by atoms with van der Waals surface area (Å²) >= 11 is 0. The predicted molar refractivity (Wildman–Crippen MR) is 94.5 cm³/mol. The highest BCUT2D eigenvalue weighted by molar-refractivity contribution is 5.91. The average molecular weight is 333 g/mol. The van der Waals surface area contributed by atoms with Gasteiger partial charge in [0.2, 0.25) is 0 Å². The largest absolute Gasteiger partial charge is 0.392 e. The van der Waals surface area contributed by atoms with Crippen molar-refractivity contribution >= 4 is 5.52 Å². The molecule has 0 unspecified atom stereocenters. The maximum Gasteiger partial charge on any atom is 0.123 e. The van der Waals surface area contributed by atoms with Crippen LogP contribution in [-0.2, 0) is 6.61 Å². The van der Waals surface area contributed by atoms with Gasteiger partial charge in [-0.1, -0.05) is 24.3 Å². The maximum absolute atomic E-state index is 13.4. The molecule has 0 atom stereocenters. The molecular formula is C20H16FN3O. The molecule has 3 heterocycles. The van der Waals surface area contributed by atoms with Crippen LogP contribution in [-0.4, -0.2) is 19.7 Å².